The fraction of sp³-hybridized carbons (Fsp3) is 0.240. The molecule has 0 radical (unpaired) electrons. The van der Waals surface area contributed by atoms with Gasteiger partial charge in [-0.2, -0.15) is 0 Å². The second-order valence-corrected chi connectivity index (χ2v) is 9.80. The predicted octanol–water partition coefficient (Wildman–Crippen LogP) is 6.20. The highest BCUT2D eigenvalue weighted by Crippen LogP contribution is 2.33. The van der Waals surface area contributed by atoms with E-state index < -0.39 is 0 Å². The summed E-state index contributed by atoms with van der Waals surface area (Å²) in [4.78, 5) is 25.7. The third kappa shape index (κ3) is 5.14. The molecule has 1 amide bonds. The molecular formula is C25H25N3OS2. The SMILES string of the molecule is CCSc1ccc(CC(=O)N(Cc2ccccn2)c2nc3cc(C)cc(C)c3s2)cc1. The number of aromatic nitrogens is 2. The number of benzene rings is 2. The Labute approximate surface area is 191 Å². The van der Waals surface area contributed by atoms with Crippen molar-refractivity contribution in [1.82, 2.24) is 9.97 Å². The summed E-state index contributed by atoms with van der Waals surface area (Å²) in [5.41, 5.74) is 5.15. The number of nitrogens with zero attached hydrogens (tertiary/aromatic N) is 3. The van der Waals surface area contributed by atoms with Gasteiger partial charge in [0.2, 0.25) is 5.91 Å². The van der Waals surface area contributed by atoms with Crippen LogP contribution in [0.25, 0.3) is 10.2 Å². The van der Waals surface area contributed by atoms with Gasteiger partial charge in [0.25, 0.3) is 0 Å². The summed E-state index contributed by atoms with van der Waals surface area (Å²) in [5.74, 6) is 1.06. The Balaban J connectivity index is 1.65. The molecule has 4 aromatic rings. The maximum absolute atomic E-state index is 13.4. The summed E-state index contributed by atoms with van der Waals surface area (Å²) in [6, 6.07) is 18.3. The molecule has 0 unspecified atom stereocenters. The van der Waals surface area contributed by atoms with Gasteiger partial charge >= 0.3 is 0 Å². The van der Waals surface area contributed by atoms with Gasteiger partial charge in [0.1, 0.15) is 0 Å². The van der Waals surface area contributed by atoms with E-state index in [-0.39, 0.29) is 5.91 Å². The van der Waals surface area contributed by atoms with Gasteiger partial charge in [-0.3, -0.25) is 14.7 Å². The van der Waals surface area contributed by atoms with Crippen LogP contribution < -0.4 is 4.90 Å². The number of carbonyl (C=O) groups excluding carboxylic acids is 1. The van der Waals surface area contributed by atoms with Crippen molar-refractivity contribution in [1.29, 1.82) is 0 Å². The number of pyridine rings is 1. The Hall–Kier alpha value is -2.70. The molecule has 0 aliphatic carbocycles. The van der Waals surface area contributed by atoms with Gasteiger partial charge in [-0.05, 0) is 66.6 Å². The minimum atomic E-state index is 0.0231. The quantitative estimate of drug-likeness (QED) is 0.317. The van der Waals surface area contributed by atoms with Crippen LogP contribution in [-0.2, 0) is 17.8 Å². The fourth-order valence-electron chi connectivity index (χ4n) is 3.54. The Kier molecular flexibility index (Phi) is 6.68. The van der Waals surface area contributed by atoms with E-state index in [9.17, 15) is 4.79 Å². The molecule has 0 aliphatic heterocycles. The molecule has 0 saturated heterocycles. The van der Waals surface area contributed by atoms with Crippen LogP contribution in [0.1, 0.15) is 29.3 Å². The van der Waals surface area contributed by atoms with Gasteiger partial charge in [-0.15, -0.1) is 11.8 Å². The van der Waals surface area contributed by atoms with E-state index in [0.29, 0.717) is 13.0 Å². The summed E-state index contributed by atoms with van der Waals surface area (Å²) in [6.45, 7) is 6.71. The maximum atomic E-state index is 13.4. The lowest BCUT2D eigenvalue weighted by atomic mass is 10.1. The van der Waals surface area contributed by atoms with Crippen molar-refractivity contribution in [3.8, 4) is 0 Å². The standard InChI is InChI=1S/C25H25N3OS2/c1-4-30-21-10-8-19(9-11-21)15-23(29)28(16-20-7-5-6-12-26-20)25-27-22-14-17(2)13-18(3)24(22)31-25/h5-14H,4,15-16H2,1-3H3. The summed E-state index contributed by atoms with van der Waals surface area (Å²) < 4.78 is 1.13. The number of anilines is 1. The molecule has 2 aromatic carbocycles. The van der Waals surface area contributed by atoms with Gasteiger partial charge in [-0.1, -0.05) is 42.5 Å². The number of hydrogen-bond acceptors (Lipinski definition) is 5. The Bertz CT molecular complexity index is 1190. The van der Waals surface area contributed by atoms with Crippen molar-refractivity contribution in [2.75, 3.05) is 10.7 Å². The van der Waals surface area contributed by atoms with E-state index in [1.807, 2.05) is 30.3 Å². The normalized spacial score (nSPS) is 11.1. The van der Waals surface area contributed by atoms with Crippen LogP contribution in [0.5, 0.6) is 0 Å². The Morgan fingerprint density at radius 2 is 1.90 bits per heavy atom. The first-order valence-corrected chi connectivity index (χ1v) is 12.1. The van der Waals surface area contributed by atoms with E-state index in [1.165, 1.54) is 16.0 Å². The number of rotatable bonds is 7. The average Bonchev–Trinajstić information content (AvgIpc) is 3.18. The number of fused-ring (bicyclic) bond motifs is 1. The number of aryl methyl sites for hydroxylation is 2. The lowest BCUT2D eigenvalue weighted by Gasteiger charge is -2.19. The molecule has 2 heterocycles. The monoisotopic (exact) mass is 447 g/mol. The number of amides is 1. The van der Waals surface area contributed by atoms with E-state index >= 15 is 0 Å². The lowest BCUT2D eigenvalue weighted by molar-refractivity contribution is -0.118. The highest BCUT2D eigenvalue weighted by Gasteiger charge is 2.21. The largest absolute Gasteiger partial charge is 0.282 e. The van der Waals surface area contributed by atoms with Crippen LogP contribution in [0.3, 0.4) is 0 Å². The van der Waals surface area contributed by atoms with Crippen molar-refractivity contribution in [3.05, 3.63) is 83.2 Å². The fourth-order valence-corrected chi connectivity index (χ4v) is 5.23. The topological polar surface area (TPSA) is 46.1 Å². The molecule has 0 aliphatic rings. The van der Waals surface area contributed by atoms with Crippen molar-refractivity contribution in [2.24, 2.45) is 0 Å². The van der Waals surface area contributed by atoms with E-state index in [0.717, 1.165) is 32.4 Å². The second kappa shape index (κ2) is 9.62. The van der Waals surface area contributed by atoms with Crippen LogP contribution in [0.2, 0.25) is 0 Å². The van der Waals surface area contributed by atoms with Crippen molar-refractivity contribution >= 4 is 44.4 Å². The van der Waals surface area contributed by atoms with Gasteiger partial charge in [0.15, 0.2) is 5.13 Å². The number of thiazole rings is 1. The zero-order valence-corrected chi connectivity index (χ0v) is 19.6. The van der Waals surface area contributed by atoms with Gasteiger partial charge < -0.3 is 0 Å². The van der Waals surface area contributed by atoms with Crippen LogP contribution in [0, 0.1) is 13.8 Å². The number of thioether (sulfide) groups is 1. The molecule has 4 nitrogen and oxygen atoms in total. The maximum Gasteiger partial charge on any atom is 0.233 e. The highest BCUT2D eigenvalue weighted by atomic mass is 32.2. The minimum absolute atomic E-state index is 0.0231. The summed E-state index contributed by atoms with van der Waals surface area (Å²) in [6.07, 6.45) is 2.09. The van der Waals surface area contributed by atoms with E-state index in [2.05, 4.69) is 50.0 Å². The molecule has 0 spiro atoms. The molecule has 2 aromatic heterocycles. The first-order valence-electron chi connectivity index (χ1n) is 10.3. The predicted molar refractivity (Wildman–Crippen MR) is 131 cm³/mol. The van der Waals surface area contributed by atoms with Crippen LogP contribution in [-0.4, -0.2) is 21.6 Å². The molecule has 0 atom stereocenters. The van der Waals surface area contributed by atoms with Crippen LogP contribution in [0.15, 0.2) is 65.7 Å². The van der Waals surface area contributed by atoms with Crippen LogP contribution >= 0.6 is 23.1 Å². The molecule has 0 saturated carbocycles. The first-order chi connectivity index (χ1) is 15.0. The second-order valence-electron chi connectivity index (χ2n) is 7.48. The van der Waals surface area contributed by atoms with Crippen molar-refractivity contribution in [3.63, 3.8) is 0 Å². The average molecular weight is 448 g/mol. The molecule has 0 fully saturated rings. The molecule has 31 heavy (non-hydrogen) atoms. The first kappa shape index (κ1) is 21.5. The highest BCUT2D eigenvalue weighted by molar-refractivity contribution is 7.99. The third-order valence-electron chi connectivity index (χ3n) is 4.98. The minimum Gasteiger partial charge on any atom is -0.282 e. The van der Waals surface area contributed by atoms with Crippen LogP contribution in [0.4, 0.5) is 5.13 Å². The molecule has 158 valence electrons. The van der Waals surface area contributed by atoms with E-state index in [4.69, 9.17) is 4.98 Å². The number of hydrogen-bond donors (Lipinski definition) is 0. The summed E-state index contributed by atoms with van der Waals surface area (Å²) in [7, 11) is 0. The zero-order valence-electron chi connectivity index (χ0n) is 18.0. The smallest absolute Gasteiger partial charge is 0.233 e. The van der Waals surface area contributed by atoms with Gasteiger partial charge in [0, 0.05) is 11.1 Å². The third-order valence-corrected chi connectivity index (χ3v) is 7.10. The molecule has 0 bridgehead atoms. The molecule has 0 N–H and O–H groups in total. The lowest BCUT2D eigenvalue weighted by Crippen LogP contribution is -2.32. The molecular weight excluding hydrogens is 422 g/mol. The van der Waals surface area contributed by atoms with Gasteiger partial charge in [-0.25, -0.2) is 4.98 Å². The Morgan fingerprint density at radius 3 is 2.61 bits per heavy atom. The summed E-state index contributed by atoms with van der Waals surface area (Å²) in [5, 5.41) is 0.720. The van der Waals surface area contributed by atoms with E-state index in [1.54, 1.807) is 34.2 Å². The Morgan fingerprint density at radius 1 is 1.10 bits per heavy atom. The molecule has 4 rings (SSSR count). The van der Waals surface area contributed by atoms with Gasteiger partial charge in [0.05, 0.1) is 28.9 Å². The molecule has 6 heteroatoms. The zero-order chi connectivity index (χ0) is 21.8. The van der Waals surface area contributed by atoms with Crippen molar-refractivity contribution < 1.29 is 4.79 Å². The number of carbonyl (C=O) groups is 1. The summed E-state index contributed by atoms with van der Waals surface area (Å²) >= 11 is 3.37. The van der Waals surface area contributed by atoms with Crippen molar-refractivity contribution in [2.45, 2.75) is 38.6 Å².